The molecule has 1 aromatic heterocycles. The molecule has 0 saturated heterocycles. The van der Waals surface area contributed by atoms with Crippen molar-refractivity contribution in [3.8, 4) is 0 Å². The van der Waals surface area contributed by atoms with Crippen LogP contribution in [0.5, 0.6) is 0 Å². The van der Waals surface area contributed by atoms with Crippen LogP contribution >= 0.6 is 0 Å². The zero-order valence-corrected chi connectivity index (χ0v) is 13.3. The van der Waals surface area contributed by atoms with Crippen molar-refractivity contribution in [3.05, 3.63) is 71.8 Å². The topological polar surface area (TPSA) is 82.5 Å². The van der Waals surface area contributed by atoms with E-state index in [1.54, 1.807) is 18.5 Å². The highest BCUT2D eigenvalue weighted by molar-refractivity contribution is 6.40. The Labute approximate surface area is 144 Å². The third-order valence-corrected chi connectivity index (χ3v) is 3.80. The molecule has 126 valence electrons. The normalized spacial score (nSPS) is 10.7. The number of hydrogen-bond acceptors (Lipinski definition) is 4. The first-order chi connectivity index (χ1) is 12.0. The number of carbonyl (C=O) groups is 1. The molecule has 7 heteroatoms. The molecule has 1 amide bonds. The third kappa shape index (κ3) is 4.40. The van der Waals surface area contributed by atoms with Crippen LogP contribution in [0, 0.1) is 5.82 Å². The molecule has 0 aliphatic carbocycles. The molecule has 0 radical (unpaired) electrons. The molecule has 25 heavy (non-hydrogen) atoms. The maximum atomic E-state index is 13.6. The summed E-state index contributed by atoms with van der Waals surface area (Å²) in [6, 6.07) is 11.6. The van der Waals surface area contributed by atoms with E-state index < -0.39 is 12.9 Å². The Kier molecular flexibility index (Phi) is 5.07. The highest BCUT2D eigenvalue weighted by atomic mass is 19.1. The number of amides is 1. The van der Waals surface area contributed by atoms with Crippen molar-refractivity contribution in [2.45, 2.75) is 12.7 Å². The SMILES string of the molecule is O=C(Cc1ccc(F)c(CB(O)O)c1)Nc1ccc2cnccc2c1. The van der Waals surface area contributed by atoms with Gasteiger partial charge in [-0.05, 0) is 40.8 Å². The molecule has 0 spiro atoms. The summed E-state index contributed by atoms with van der Waals surface area (Å²) in [4.78, 5) is 16.3. The Hall–Kier alpha value is -2.77. The lowest BCUT2D eigenvalue weighted by Crippen LogP contribution is -2.17. The van der Waals surface area contributed by atoms with Crippen molar-refractivity contribution < 1.29 is 19.2 Å². The van der Waals surface area contributed by atoms with E-state index in [0.29, 0.717) is 11.3 Å². The Bertz CT molecular complexity index is 918. The van der Waals surface area contributed by atoms with Gasteiger partial charge in [0, 0.05) is 29.8 Å². The van der Waals surface area contributed by atoms with Gasteiger partial charge in [-0.25, -0.2) is 4.39 Å². The minimum atomic E-state index is -1.63. The van der Waals surface area contributed by atoms with Crippen LogP contribution in [0.4, 0.5) is 10.1 Å². The second-order valence-electron chi connectivity index (χ2n) is 5.77. The van der Waals surface area contributed by atoms with Gasteiger partial charge in [-0.1, -0.05) is 18.2 Å². The fourth-order valence-corrected chi connectivity index (χ4v) is 2.64. The van der Waals surface area contributed by atoms with Crippen molar-refractivity contribution in [1.29, 1.82) is 0 Å². The second kappa shape index (κ2) is 7.42. The number of aromatic nitrogens is 1. The number of nitrogens with zero attached hydrogens (tertiary/aromatic N) is 1. The number of nitrogens with one attached hydrogen (secondary N) is 1. The van der Waals surface area contributed by atoms with Crippen LogP contribution in [0.1, 0.15) is 11.1 Å². The van der Waals surface area contributed by atoms with E-state index in [1.807, 2.05) is 18.2 Å². The van der Waals surface area contributed by atoms with Crippen LogP contribution in [-0.2, 0) is 17.5 Å². The summed E-state index contributed by atoms with van der Waals surface area (Å²) in [7, 11) is -1.63. The lowest BCUT2D eigenvalue weighted by molar-refractivity contribution is -0.115. The monoisotopic (exact) mass is 338 g/mol. The van der Waals surface area contributed by atoms with E-state index in [4.69, 9.17) is 10.0 Å². The van der Waals surface area contributed by atoms with Gasteiger partial charge in [0.15, 0.2) is 0 Å². The van der Waals surface area contributed by atoms with Crippen LogP contribution < -0.4 is 5.32 Å². The van der Waals surface area contributed by atoms with Crippen LogP contribution in [0.25, 0.3) is 10.8 Å². The van der Waals surface area contributed by atoms with Gasteiger partial charge in [-0.2, -0.15) is 0 Å². The largest absolute Gasteiger partial charge is 0.456 e. The predicted octanol–water partition coefficient (Wildman–Crippen LogP) is 2.11. The van der Waals surface area contributed by atoms with Crippen molar-refractivity contribution in [1.82, 2.24) is 4.98 Å². The molecule has 0 fully saturated rings. The van der Waals surface area contributed by atoms with Gasteiger partial charge in [0.25, 0.3) is 0 Å². The fourth-order valence-electron chi connectivity index (χ4n) is 2.64. The van der Waals surface area contributed by atoms with Gasteiger partial charge in [0.2, 0.25) is 5.91 Å². The molecule has 0 aliphatic rings. The lowest BCUT2D eigenvalue weighted by Gasteiger charge is -2.09. The van der Waals surface area contributed by atoms with Crippen LogP contribution in [0.2, 0.25) is 0 Å². The standard InChI is InChI=1S/C18H16BFN2O3/c20-17-4-1-12(7-15(17)10-19(24)25)8-18(23)22-16-3-2-14-11-21-6-5-13(14)9-16/h1-7,9,11,24-25H,8,10H2,(H,22,23). The van der Waals surface area contributed by atoms with Crippen molar-refractivity contribution in [3.63, 3.8) is 0 Å². The molecule has 0 aliphatic heterocycles. The van der Waals surface area contributed by atoms with E-state index in [1.165, 1.54) is 18.2 Å². The van der Waals surface area contributed by atoms with Crippen molar-refractivity contribution >= 4 is 29.5 Å². The summed E-state index contributed by atoms with van der Waals surface area (Å²) < 4.78 is 13.6. The molecule has 1 heterocycles. The predicted molar refractivity (Wildman–Crippen MR) is 94.4 cm³/mol. The first-order valence-corrected chi connectivity index (χ1v) is 7.78. The molecule has 5 nitrogen and oxygen atoms in total. The number of halogens is 1. The van der Waals surface area contributed by atoms with Crippen LogP contribution in [0.15, 0.2) is 54.9 Å². The van der Waals surface area contributed by atoms with E-state index in [-0.39, 0.29) is 24.2 Å². The molecular weight excluding hydrogens is 322 g/mol. The van der Waals surface area contributed by atoms with E-state index in [2.05, 4.69) is 10.3 Å². The Morgan fingerprint density at radius 3 is 2.76 bits per heavy atom. The zero-order chi connectivity index (χ0) is 17.8. The summed E-state index contributed by atoms with van der Waals surface area (Å²) in [5.41, 5.74) is 1.43. The molecule has 3 rings (SSSR count). The van der Waals surface area contributed by atoms with Gasteiger partial charge in [0.1, 0.15) is 5.82 Å². The van der Waals surface area contributed by atoms with Gasteiger partial charge in [-0.15, -0.1) is 0 Å². The number of anilines is 1. The Balaban J connectivity index is 1.71. The average molecular weight is 338 g/mol. The lowest BCUT2D eigenvalue weighted by atomic mass is 9.81. The molecule has 2 aromatic carbocycles. The maximum Gasteiger partial charge on any atom is 0.456 e. The molecule has 3 aromatic rings. The third-order valence-electron chi connectivity index (χ3n) is 3.80. The molecule has 3 N–H and O–H groups in total. The van der Waals surface area contributed by atoms with E-state index in [9.17, 15) is 9.18 Å². The van der Waals surface area contributed by atoms with Gasteiger partial charge < -0.3 is 15.4 Å². The molecule has 0 atom stereocenters. The van der Waals surface area contributed by atoms with Gasteiger partial charge in [-0.3, -0.25) is 9.78 Å². The quantitative estimate of drug-likeness (QED) is 0.623. The van der Waals surface area contributed by atoms with Crippen molar-refractivity contribution in [2.24, 2.45) is 0 Å². The number of fused-ring (bicyclic) bond motifs is 1. The minimum Gasteiger partial charge on any atom is -0.427 e. The van der Waals surface area contributed by atoms with Crippen molar-refractivity contribution in [2.75, 3.05) is 5.32 Å². The summed E-state index contributed by atoms with van der Waals surface area (Å²) in [6.07, 6.45) is 3.27. The summed E-state index contributed by atoms with van der Waals surface area (Å²) in [5, 5.41) is 22.7. The van der Waals surface area contributed by atoms with Gasteiger partial charge >= 0.3 is 7.12 Å². The number of rotatable bonds is 5. The molecular formula is C18H16BFN2O3. The average Bonchev–Trinajstić information content (AvgIpc) is 2.57. The summed E-state index contributed by atoms with van der Waals surface area (Å²) >= 11 is 0. The van der Waals surface area contributed by atoms with Crippen LogP contribution in [0.3, 0.4) is 0 Å². The van der Waals surface area contributed by atoms with E-state index in [0.717, 1.165) is 10.8 Å². The number of benzene rings is 2. The van der Waals surface area contributed by atoms with Gasteiger partial charge in [0.05, 0.1) is 6.42 Å². The minimum absolute atomic E-state index is 0.0587. The van der Waals surface area contributed by atoms with Crippen LogP contribution in [-0.4, -0.2) is 28.1 Å². The smallest absolute Gasteiger partial charge is 0.427 e. The zero-order valence-electron chi connectivity index (χ0n) is 13.3. The number of pyridine rings is 1. The number of hydrogen-bond donors (Lipinski definition) is 3. The van der Waals surface area contributed by atoms with E-state index >= 15 is 0 Å². The molecule has 0 unspecified atom stereocenters. The first-order valence-electron chi connectivity index (χ1n) is 7.78. The Morgan fingerprint density at radius 2 is 1.96 bits per heavy atom. The summed E-state index contributed by atoms with van der Waals surface area (Å²) in [5.74, 6) is -0.768. The first kappa shape index (κ1) is 17.1. The molecule has 0 bridgehead atoms. The Morgan fingerprint density at radius 1 is 1.12 bits per heavy atom. The molecule has 0 saturated carbocycles. The summed E-state index contributed by atoms with van der Waals surface area (Å²) in [6.45, 7) is 0. The number of carbonyl (C=O) groups excluding carboxylic acids is 1. The highest BCUT2D eigenvalue weighted by Gasteiger charge is 2.14. The maximum absolute atomic E-state index is 13.6. The highest BCUT2D eigenvalue weighted by Crippen LogP contribution is 2.18. The second-order valence-corrected chi connectivity index (χ2v) is 5.77. The fraction of sp³-hybridized carbons (Fsp3) is 0.111.